The maximum atomic E-state index is 5.86. The minimum atomic E-state index is -0.316. The molecule has 0 atom stereocenters. The van der Waals surface area contributed by atoms with Crippen LogP contribution in [-0.4, -0.2) is 9.97 Å². The Morgan fingerprint density at radius 2 is 2.18 bits per heavy atom. The van der Waals surface area contributed by atoms with Gasteiger partial charge in [-0.05, 0) is 19.9 Å². The molecule has 0 saturated carbocycles. The summed E-state index contributed by atoms with van der Waals surface area (Å²) in [7, 11) is 0. The summed E-state index contributed by atoms with van der Waals surface area (Å²) in [6.45, 7) is 4.06. The van der Waals surface area contributed by atoms with Gasteiger partial charge in [0.05, 0.1) is 16.2 Å². The quantitative estimate of drug-likeness (QED) is 0.898. The molecule has 0 aromatic carbocycles. The number of pyridine rings is 1. The summed E-state index contributed by atoms with van der Waals surface area (Å²) in [6.07, 6.45) is 3.35. The van der Waals surface area contributed by atoms with Crippen molar-refractivity contribution in [1.29, 1.82) is 0 Å². The molecule has 0 fully saturated rings. The van der Waals surface area contributed by atoms with Crippen LogP contribution < -0.4 is 11.1 Å². The van der Waals surface area contributed by atoms with Gasteiger partial charge in [-0.1, -0.05) is 11.6 Å². The van der Waals surface area contributed by atoms with E-state index in [-0.39, 0.29) is 5.54 Å². The van der Waals surface area contributed by atoms with Crippen LogP contribution >= 0.6 is 22.9 Å². The molecule has 0 radical (unpaired) electrons. The second kappa shape index (κ2) is 4.50. The second-order valence-corrected chi connectivity index (χ2v) is 5.51. The molecule has 2 heterocycles. The number of nitrogens with one attached hydrogen (secondary N) is 1. The van der Waals surface area contributed by atoms with Crippen LogP contribution in [0.4, 0.5) is 11.5 Å². The fourth-order valence-electron chi connectivity index (χ4n) is 1.44. The third-order valence-electron chi connectivity index (χ3n) is 2.28. The Morgan fingerprint density at radius 1 is 1.41 bits per heavy atom. The zero-order chi connectivity index (χ0) is 12.5. The molecule has 0 aliphatic rings. The number of nitrogens with zero attached hydrogens (tertiary/aromatic N) is 2. The molecule has 6 heteroatoms. The average molecular weight is 269 g/mol. The van der Waals surface area contributed by atoms with Crippen LogP contribution in [0.2, 0.25) is 5.02 Å². The first-order chi connectivity index (χ1) is 7.99. The van der Waals surface area contributed by atoms with Gasteiger partial charge in [0.1, 0.15) is 10.8 Å². The summed E-state index contributed by atoms with van der Waals surface area (Å²) in [5.41, 5.74) is 6.07. The van der Waals surface area contributed by atoms with Gasteiger partial charge in [0.25, 0.3) is 0 Å². The van der Waals surface area contributed by atoms with E-state index in [9.17, 15) is 0 Å². The summed E-state index contributed by atoms with van der Waals surface area (Å²) >= 11 is 7.40. The van der Waals surface area contributed by atoms with E-state index >= 15 is 0 Å². The van der Waals surface area contributed by atoms with Crippen LogP contribution in [0.5, 0.6) is 0 Å². The van der Waals surface area contributed by atoms with Crippen molar-refractivity contribution >= 4 is 34.4 Å². The van der Waals surface area contributed by atoms with Crippen molar-refractivity contribution in [3.8, 4) is 0 Å². The Morgan fingerprint density at radius 3 is 2.76 bits per heavy atom. The van der Waals surface area contributed by atoms with Crippen molar-refractivity contribution in [1.82, 2.24) is 9.97 Å². The summed E-state index contributed by atoms with van der Waals surface area (Å²) in [6, 6.07) is 1.68. The minimum absolute atomic E-state index is 0.316. The highest BCUT2D eigenvalue weighted by atomic mass is 35.5. The van der Waals surface area contributed by atoms with Gasteiger partial charge in [-0.15, -0.1) is 11.3 Å². The molecule has 90 valence electrons. The molecule has 0 aliphatic heterocycles. The third-order valence-corrected chi connectivity index (χ3v) is 3.59. The maximum Gasteiger partial charge on any atom is 0.150 e. The Kier molecular flexibility index (Phi) is 3.22. The lowest BCUT2D eigenvalue weighted by Crippen LogP contribution is -2.28. The number of hydrogen-bond donors (Lipinski definition) is 2. The predicted molar refractivity (Wildman–Crippen MR) is 72.4 cm³/mol. The van der Waals surface area contributed by atoms with Crippen molar-refractivity contribution in [2.75, 3.05) is 11.1 Å². The Balaban J connectivity index is 2.26. The van der Waals surface area contributed by atoms with Gasteiger partial charge in [0.2, 0.25) is 0 Å². The fourth-order valence-corrected chi connectivity index (χ4v) is 2.33. The monoisotopic (exact) mass is 268 g/mol. The van der Waals surface area contributed by atoms with Crippen LogP contribution in [0, 0.1) is 0 Å². The van der Waals surface area contributed by atoms with Gasteiger partial charge in [0, 0.05) is 17.8 Å². The SMILES string of the molecule is CC(C)(Nc1ncc(Cl)cc1N)c1nccs1. The van der Waals surface area contributed by atoms with Crippen molar-refractivity contribution in [3.63, 3.8) is 0 Å². The molecule has 2 aromatic rings. The van der Waals surface area contributed by atoms with Crippen LogP contribution in [0.15, 0.2) is 23.8 Å². The van der Waals surface area contributed by atoms with E-state index in [0.29, 0.717) is 16.5 Å². The van der Waals surface area contributed by atoms with E-state index in [1.807, 2.05) is 19.2 Å². The molecule has 4 nitrogen and oxygen atoms in total. The summed E-state index contributed by atoms with van der Waals surface area (Å²) in [5, 5.41) is 6.72. The number of halogens is 1. The Hall–Kier alpha value is -1.33. The number of hydrogen-bond acceptors (Lipinski definition) is 5. The van der Waals surface area contributed by atoms with Gasteiger partial charge < -0.3 is 11.1 Å². The van der Waals surface area contributed by atoms with Crippen molar-refractivity contribution < 1.29 is 0 Å². The normalized spacial score (nSPS) is 11.5. The maximum absolute atomic E-state index is 5.86. The first-order valence-corrected chi connectivity index (χ1v) is 6.34. The van der Waals surface area contributed by atoms with Gasteiger partial charge in [-0.3, -0.25) is 0 Å². The van der Waals surface area contributed by atoms with Gasteiger partial charge in [-0.25, -0.2) is 9.97 Å². The zero-order valence-corrected chi connectivity index (χ0v) is 11.1. The first-order valence-electron chi connectivity index (χ1n) is 5.08. The lowest BCUT2D eigenvalue weighted by molar-refractivity contribution is 0.601. The van der Waals surface area contributed by atoms with E-state index in [1.54, 1.807) is 29.8 Å². The van der Waals surface area contributed by atoms with Crippen molar-refractivity contribution in [3.05, 3.63) is 33.9 Å². The van der Waals surface area contributed by atoms with Crippen molar-refractivity contribution in [2.24, 2.45) is 0 Å². The van der Waals surface area contributed by atoms with Crippen LogP contribution in [-0.2, 0) is 5.54 Å². The van der Waals surface area contributed by atoms with Crippen LogP contribution in [0.25, 0.3) is 0 Å². The Bertz CT molecular complexity index is 510. The molecular weight excluding hydrogens is 256 g/mol. The largest absolute Gasteiger partial charge is 0.396 e. The highest BCUT2D eigenvalue weighted by molar-refractivity contribution is 7.09. The van der Waals surface area contributed by atoms with E-state index in [1.165, 1.54) is 0 Å². The molecule has 17 heavy (non-hydrogen) atoms. The average Bonchev–Trinajstić information content (AvgIpc) is 2.76. The van der Waals surface area contributed by atoms with E-state index in [0.717, 1.165) is 5.01 Å². The fraction of sp³-hybridized carbons (Fsp3) is 0.273. The number of nitrogens with two attached hydrogens (primary N) is 1. The number of anilines is 2. The molecule has 0 spiro atoms. The third kappa shape index (κ3) is 2.68. The van der Waals surface area contributed by atoms with Crippen LogP contribution in [0.1, 0.15) is 18.9 Å². The first kappa shape index (κ1) is 12.1. The Labute approximate surface area is 109 Å². The highest BCUT2D eigenvalue weighted by Crippen LogP contribution is 2.29. The van der Waals surface area contributed by atoms with E-state index in [2.05, 4.69) is 15.3 Å². The highest BCUT2D eigenvalue weighted by Gasteiger charge is 2.24. The lowest BCUT2D eigenvalue weighted by atomic mass is 10.1. The minimum Gasteiger partial charge on any atom is -0.396 e. The second-order valence-electron chi connectivity index (χ2n) is 4.18. The van der Waals surface area contributed by atoms with E-state index < -0.39 is 0 Å². The summed E-state index contributed by atoms with van der Waals surface area (Å²) < 4.78 is 0. The van der Waals surface area contributed by atoms with Gasteiger partial charge >= 0.3 is 0 Å². The summed E-state index contributed by atoms with van der Waals surface area (Å²) in [5.74, 6) is 0.620. The molecule has 0 bridgehead atoms. The van der Waals surface area contributed by atoms with Gasteiger partial charge in [0.15, 0.2) is 0 Å². The van der Waals surface area contributed by atoms with Gasteiger partial charge in [-0.2, -0.15) is 0 Å². The molecule has 0 saturated heterocycles. The topological polar surface area (TPSA) is 63.8 Å². The molecule has 0 aliphatic carbocycles. The number of thiazole rings is 1. The molecule has 2 aromatic heterocycles. The predicted octanol–water partition coefficient (Wildman–Crippen LogP) is 3.12. The standard InChI is InChI=1S/C11H13ClN4S/c1-11(2,10-14-3-4-17-10)16-9-8(13)5-7(12)6-15-9/h3-6H,13H2,1-2H3,(H,15,16). The molecular formula is C11H13ClN4S. The number of aromatic nitrogens is 2. The van der Waals surface area contributed by atoms with E-state index in [4.69, 9.17) is 17.3 Å². The summed E-state index contributed by atoms with van der Waals surface area (Å²) in [4.78, 5) is 8.47. The molecule has 0 unspecified atom stereocenters. The number of rotatable bonds is 3. The van der Waals surface area contributed by atoms with Crippen molar-refractivity contribution in [2.45, 2.75) is 19.4 Å². The molecule has 2 rings (SSSR count). The smallest absolute Gasteiger partial charge is 0.150 e. The molecule has 0 amide bonds. The van der Waals surface area contributed by atoms with Crippen LogP contribution in [0.3, 0.4) is 0 Å². The molecule has 3 N–H and O–H groups in total. The zero-order valence-electron chi connectivity index (χ0n) is 9.57. The lowest BCUT2D eigenvalue weighted by Gasteiger charge is -2.25. The number of nitrogen functional groups attached to an aromatic ring is 1.